The zero-order chi connectivity index (χ0) is 8.65. The Hall–Kier alpha value is -0.680. The number of rotatable bonds is 1. The molecule has 0 saturated heterocycles. The van der Waals surface area contributed by atoms with Gasteiger partial charge in [0.1, 0.15) is 0 Å². The minimum absolute atomic E-state index is 0.134. The van der Waals surface area contributed by atoms with Crippen molar-refractivity contribution in [3.8, 4) is 11.3 Å². The molecule has 0 radical (unpaired) electrons. The maximum atomic E-state index is 10.4. The number of aliphatic carboxylic acids is 1. The zero-order valence-corrected chi connectivity index (χ0v) is 7.11. The van der Waals surface area contributed by atoms with E-state index in [-0.39, 0.29) is 11.3 Å². The van der Waals surface area contributed by atoms with Crippen molar-refractivity contribution in [3.05, 3.63) is 0 Å². The first-order valence-corrected chi connectivity index (χ1v) is 3.71. The van der Waals surface area contributed by atoms with Crippen LogP contribution in [0.3, 0.4) is 0 Å². The van der Waals surface area contributed by atoms with Crippen LogP contribution in [0.4, 0.5) is 0 Å². The van der Waals surface area contributed by atoms with Crippen LogP contribution >= 0.6 is 11.6 Å². The van der Waals surface area contributed by atoms with E-state index in [1.165, 1.54) is 0 Å². The number of carbonyl (C=O) groups excluding carboxylic acids is 1. The first-order valence-electron chi connectivity index (χ1n) is 3.34. The average Bonchev–Trinajstić information content (AvgIpc) is 2.35. The van der Waals surface area contributed by atoms with Gasteiger partial charge in [0.2, 0.25) is 0 Å². The quantitative estimate of drug-likeness (QED) is 0.529. The largest absolute Gasteiger partial charge is 0.550 e. The second-order valence-electron chi connectivity index (χ2n) is 3.33. The van der Waals surface area contributed by atoms with Gasteiger partial charge in [-0.05, 0) is 17.0 Å². The van der Waals surface area contributed by atoms with E-state index in [1.54, 1.807) is 0 Å². The summed E-state index contributed by atoms with van der Waals surface area (Å²) in [4.78, 5) is 10.4. The zero-order valence-electron chi connectivity index (χ0n) is 6.35. The molecule has 1 aliphatic rings. The summed E-state index contributed by atoms with van der Waals surface area (Å²) in [5.74, 6) is 1.02. The Morgan fingerprint density at radius 1 is 1.64 bits per heavy atom. The minimum atomic E-state index is -1.03. The molecule has 0 N–H and O–H groups in total. The Morgan fingerprint density at radius 2 is 2.18 bits per heavy atom. The maximum Gasteiger partial charge on any atom is 0.0463 e. The van der Waals surface area contributed by atoms with Gasteiger partial charge in [0, 0.05) is 23.2 Å². The third-order valence-corrected chi connectivity index (χ3v) is 2.40. The smallest absolute Gasteiger partial charge is 0.0463 e. The average molecular weight is 172 g/mol. The van der Waals surface area contributed by atoms with Gasteiger partial charge in [-0.3, -0.25) is 0 Å². The van der Waals surface area contributed by atoms with Crippen LogP contribution in [0.1, 0.15) is 13.8 Å². The maximum absolute atomic E-state index is 10.4. The molecule has 1 fully saturated rings. The van der Waals surface area contributed by atoms with Gasteiger partial charge in [-0.25, -0.2) is 0 Å². The molecule has 2 atom stereocenters. The molecule has 1 aliphatic carbocycles. The molecular weight excluding hydrogens is 164 g/mol. The summed E-state index contributed by atoms with van der Waals surface area (Å²) in [5.41, 5.74) is -0.263. The SMILES string of the molecule is CC1(C)C(C#CCl)C1C(=O)[O-]. The lowest BCUT2D eigenvalue weighted by molar-refractivity contribution is -0.308. The molecule has 0 spiro atoms. The fraction of sp³-hybridized carbons (Fsp3) is 0.625. The second-order valence-corrected chi connectivity index (χ2v) is 3.52. The molecule has 0 amide bonds. The number of hydrogen-bond acceptors (Lipinski definition) is 2. The Morgan fingerprint density at radius 3 is 2.45 bits per heavy atom. The number of hydrogen-bond donors (Lipinski definition) is 0. The lowest BCUT2D eigenvalue weighted by atomic mass is 10.1. The fourth-order valence-corrected chi connectivity index (χ4v) is 1.52. The van der Waals surface area contributed by atoms with Crippen LogP contribution in [0.5, 0.6) is 0 Å². The molecule has 0 aromatic rings. The van der Waals surface area contributed by atoms with Crippen molar-refractivity contribution < 1.29 is 9.90 Å². The van der Waals surface area contributed by atoms with Crippen molar-refractivity contribution in [3.63, 3.8) is 0 Å². The predicted octanol–water partition coefficient (Wildman–Crippen LogP) is 0.208. The van der Waals surface area contributed by atoms with E-state index >= 15 is 0 Å². The van der Waals surface area contributed by atoms with Gasteiger partial charge >= 0.3 is 0 Å². The standard InChI is InChI=1S/C8H9ClO2/c1-8(2)5(3-4-9)6(8)7(10)11/h5-6H,1-2H3,(H,10,11)/p-1. The molecule has 1 rings (SSSR count). The van der Waals surface area contributed by atoms with Crippen molar-refractivity contribution in [2.24, 2.45) is 17.3 Å². The van der Waals surface area contributed by atoms with Crippen molar-refractivity contribution in [2.45, 2.75) is 13.8 Å². The van der Waals surface area contributed by atoms with Gasteiger partial charge in [-0.2, -0.15) is 0 Å². The van der Waals surface area contributed by atoms with Gasteiger partial charge < -0.3 is 9.90 Å². The molecule has 60 valence electrons. The van der Waals surface area contributed by atoms with Crippen molar-refractivity contribution in [1.29, 1.82) is 0 Å². The van der Waals surface area contributed by atoms with Gasteiger partial charge in [-0.1, -0.05) is 19.8 Å². The number of halogens is 1. The Balaban J connectivity index is 2.73. The van der Waals surface area contributed by atoms with E-state index in [2.05, 4.69) is 11.3 Å². The molecule has 0 aromatic heterocycles. The van der Waals surface area contributed by atoms with Crippen LogP contribution in [0.2, 0.25) is 0 Å². The first kappa shape index (κ1) is 8.42. The van der Waals surface area contributed by atoms with Crippen LogP contribution in [-0.4, -0.2) is 5.97 Å². The number of carboxylic acid groups (broad SMARTS) is 1. The Bertz CT molecular complexity index is 247. The molecule has 2 unspecified atom stereocenters. The van der Waals surface area contributed by atoms with Crippen LogP contribution in [-0.2, 0) is 4.79 Å². The molecule has 0 heterocycles. The van der Waals surface area contributed by atoms with Crippen LogP contribution < -0.4 is 5.11 Å². The summed E-state index contributed by atoms with van der Waals surface area (Å²) < 4.78 is 0. The van der Waals surface area contributed by atoms with E-state index in [1.807, 2.05) is 13.8 Å². The van der Waals surface area contributed by atoms with Gasteiger partial charge in [0.25, 0.3) is 0 Å². The summed E-state index contributed by atoms with van der Waals surface area (Å²) in [6, 6.07) is 0. The summed E-state index contributed by atoms with van der Waals surface area (Å²) in [7, 11) is 0. The minimum Gasteiger partial charge on any atom is -0.550 e. The summed E-state index contributed by atoms with van der Waals surface area (Å²) in [6.07, 6.45) is 0. The van der Waals surface area contributed by atoms with E-state index in [4.69, 9.17) is 11.6 Å². The van der Waals surface area contributed by atoms with Gasteiger partial charge in [0.15, 0.2) is 0 Å². The molecular formula is C8H8ClO2-. The molecule has 1 saturated carbocycles. The van der Waals surface area contributed by atoms with Crippen molar-refractivity contribution in [2.75, 3.05) is 0 Å². The van der Waals surface area contributed by atoms with E-state index in [9.17, 15) is 9.90 Å². The van der Waals surface area contributed by atoms with E-state index in [0.717, 1.165) is 0 Å². The molecule has 2 nitrogen and oxygen atoms in total. The molecule has 0 bridgehead atoms. The molecule has 11 heavy (non-hydrogen) atoms. The van der Waals surface area contributed by atoms with Crippen LogP contribution in [0.25, 0.3) is 0 Å². The van der Waals surface area contributed by atoms with E-state index < -0.39 is 11.9 Å². The number of carbonyl (C=O) groups is 1. The van der Waals surface area contributed by atoms with E-state index in [0.29, 0.717) is 0 Å². The van der Waals surface area contributed by atoms with Gasteiger partial charge in [-0.15, -0.1) is 0 Å². The van der Waals surface area contributed by atoms with Crippen LogP contribution in [0.15, 0.2) is 0 Å². The molecule has 0 aliphatic heterocycles. The Kier molecular flexibility index (Phi) is 1.85. The Labute approximate surface area is 70.5 Å². The topological polar surface area (TPSA) is 40.1 Å². The summed E-state index contributed by atoms with van der Waals surface area (Å²) in [5, 5.41) is 12.6. The second kappa shape index (κ2) is 2.42. The van der Waals surface area contributed by atoms with Gasteiger partial charge in [0.05, 0.1) is 0 Å². The third-order valence-electron chi connectivity index (χ3n) is 2.29. The lowest BCUT2D eigenvalue weighted by Gasteiger charge is -2.00. The lowest BCUT2D eigenvalue weighted by Crippen LogP contribution is -2.26. The normalized spacial score (nSPS) is 31.9. The van der Waals surface area contributed by atoms with Crippen molar-refractivity contribution in [1.82, 2.24) is 0 Å². The summed E-state index contributed by atoms with van der Waals surface area (Å²) in [6.45, 7) is 3.69. The first-order chi connectivity index (χ1) is 5.01. The number of carboxylic acids is 1. The van der Waals surface area contributed by atoms with Crippen molar-refractivity contribution >= 4 is 17.6 Å². The molecule has 3 heteroatoms. The highest BCUT2D eigenvalue weighted by Crippen LogP contribution is 2.57. The predicted molar refractivity (Wildman–Crippen MR) is 39.4 cm³/mol. The molecule has 0 aromatic carbocycles. The highest BCUT2D eigenvalue weighted by molar-refractivity contribution is 6.30. The fourth-order valence-electron chi connectivity index (χ4n) is 1.41. The third kappa shape index (κ3) is 1.21. The highest BCUT2D eigenvalue weighted by atomic mass is 35.5. The monoisotopic (exact) mass is 171 g/mol. The van der Waals surface area contributed by atoms with Crippen LogP contribution in [0, 0.1) is 28.6 Å². The highest BCUT2D eigenvalue weighted by Gasteiger charge is 2.57. The summed E-state index contributed by atoms with van der Waals surface area (Å²) >= 11 is 5.16.